The molecule has 0 heterocycles. The molecule has 2 heteroatoms. The third-order valence-electron chi connectivity index (χ3n) is 0.547. The molecule has 0 amide bonds. The van der Waals surface area contributed by atoms with E-state index in [0.29, 0.717) is 6.42 Å². The standard InChI is InChI=1S/C4H10O2/c1-2-3-4(5)6/h4-6H,2-3H2,1H3. The topological polar surface area (TPSA) is 40.5 Å². The summed E-state index contributed by atoms with van der Waals surface area (Å²) in [5.74, 6) is 0. The zero-order valence-corrected chi connectivity index (χ0v) is 3.89. The van der Waals surface area contributed by atoms with Gasteiger partial charge in [0.1, 0.15) is 0 Å². The fourth-order valence-electron chi connectivity index (χ4n) is 0.258. The van der Waals surface area contributed by atoms with Crippen molar-refractivity contribution in [3.8, 4) is 0 Å². The maximum Gasteiger partial charge on any atom is 0.151 e. The van der Waals surface area contributed by atoms with Gasteiger partial charge in [-0.3, -0.25) is 0 Å². The van der Waals surface area contributed by atoms with Gasteiger partial charge >= 0.3 is 0 Å². The summed E-state index contributed by atoms with van der Waals surface area (Å²) >= 11 is 0. The summed E-state index contributed by atoms with van der Waals surface area (Å²) in [5.41, 5.74) is 0. The molecule has 0 spiro atoms. The van der Waals surface area contributed by atoms with Crippen LogP contribution in [0.3, 0.4) is 0 Å². The lowest BCUT2D eigenvalue weighted by Gasteiger charge is -1.94. The third kappa shape index (κ3) is 3.92. The molecule has 0 bridgehead atoms. The van der Waals surface area contributed by atoms with Crippen LogP contribution >= 0.6 is 0 Å². The molecule has 0 rings (SSSR count). The zero-order valence-electron chi connectivity index (χ0n) is 3.89. The highest BCUT2D eigenvalue weighted by Crippen LogP contribution is 1.88. The van der Waals surface area contributed by atoms with Crippen LogP contribution in [0.1, 0.15) is 19.8 Å². The van der Waals surface area contributed by atoms with Crippen LogP contribution in [-0.2, 0) is 0 Å². The summed E-state index contributed by atoms with van der Waals surface area (Å²) in [4.78, 5) is 0. The third-order valence-corrected chi connectivity index (χ3v) is 0.547. The van der Waals surface area contributed by atoms with Crippen LogP contribution in [0.5, 0.6) is 0 Å². The van der Waals surface area contributed by atoms with E-state index in [-0.39, 0.29) is 0 Å². The van der Waals surface area contributed by atoms with Crippen LogP contribution in [0.4, 0.5) is 0 Å². The first-order valence-electron chi connectivity index (χ1n) is 2.13. The maximum absolute atomic E-state index is 8.11. The van der Waals surface area contributed by atoms with Gasteiger partial charge in [0, 0.05) is 0 Å². The summed E-state index contributed by atoms with van der Waals surface area (Å²) in [6.07, 6.45) is 0.215. The molecule has 0 unspecified atom stereocenters. The summed E-state index contributed by atoms with van der Waals surface area (Å²) in [5, 5.41) is 16.2. The van der Waals surface area contributed by atoms with Gasteiger partial charge in [-0.15, -0.1) is 0 Å². The molecule has 38 valence electrons. The van der Waals surface area contributed by atoms with Crippen LogP contribution in [0, 0.1) is 0 Å². The highest BCUT2D eigenvalue weighted by molar-refractivity contribution is 4.31. The number of aliphatic hydroxyl groups is 2. The van der Waals surface area contributed by atoms with E-state index in [1.807, 2.05) is 6.92 Å². The molecule has 2 nitrogen and oxygen atoms in total. The van der Waals surface area contributed by atoms with Gasteiger partial charge in [0.25, 0.3) is 0 Å². The summed E-state index contributed by atoms with van der Waals surface area (Å²) in [6, 6.07) is 0. The largest absolute Gasteiger partial charge is 0.368 e. The Morgan fingerprint density at radius 3 is 2.00 bits per heavy atom. The first-order valence-corrected chi connectivity index (χ1v) is 2.13. The van der Waals surface area contributed by atoms with Crippen molar-refractivity contribution in [2.24, 2.45) is 0 Å². The molecule has 0 aliphatic rings. The smallest absolute Gasteiger partial charge is 0.151 e. The summed E-state index contributed by atoms with van der Waals surface area (Å²) in [7, 11) is 0. The Hall–Kier alpha value is -0.0800. The van der Waals surface area contributed by atoms with E-state index in [0.717, 1.165) is 6.42 Å². The maximum atomic E-state index is 8.11. The van der Waals surface area contributed by atoms with E-state index < -0.39 is 6.29 Å². The fourth-order valence-corrected chi connectivity index (χ4v) is 0.258. The Bertz CT molecular complexity index is 26.7. The van der Waals surface area contributed by atoms with Crippen molar-refractivity contribution in [1.29, 1.82) is 0 Å². The van der Waals surface area contributed by atoms with E-state index in [4.69, 9.17) is 10.2 Å². The van der Waals surface area contributed by atoms with Crippen LogP contribution in [0.15, 0.2) is 0 Å². The minimum absolute atomic E-state index is 0.486. The van der Waals surface area contributed by atoms with Crippen molar-refractivity contribution < 1.29 is 10.2 Å². The predicted molar refractivity (Wildman–Crippen MR) is 23.1 cm³/mol. The average Bonchev–Trinajstić information content (AvgIpc) is 1.35. The van der Waals surface area contributed by atoms with Crippen molar-refractivity contribution >= 4 is 0 Å². The van der Waals surface area contributed by atoms with Crippen molar-refractivity contribution in [3.63, 3.8) is 0 Å². The highest BCUT2D eigenvalue weighted by atomic mass is 16.5. The van der Waals surface area contributed by atoms with E-state index in [2.05, 4.69) is 0 Å². The molecule has 0 aliphatic carbocycles. The molecule has 0 aliphatic heterocycles. The van der Waals surface area contributed by atoms with E-state index in [1.165, 1.54) is 0 Å². The predicted octanol–water partition coefficient (Wildman–Crippen LogP) is 0.0972. The Balaban J connectivity index is 2.63. The van der Waals surface area contributed by atoms with Gasteiger partial charge in [0.05, 0.1) is 0 Å². The van der Waals surface area contributed by atoms with Crippen molar-refractivity contribution in [2.75, 3.05) is 0 Å². The second-order valence-electron chi connectivity index (χ2n) is 1.27. The first kappa shape index (κ1) is 5.92. The summed E-state index contributed by atoms with van der Waals surface area (Å²) < 4.78 is 0. The molecular weight excluding hydrogens is 80.0 g/mol. The fraction of sp³-hybridized carbons (Fsp3) is 1.00. The van der Waals surface area contributed by atoms with Crippen LogP contribution < -0.4 is 0 Å². The summed E-state index contributed by atoms with van der Waals surface area (Å²) in [6.45, 7) is 1.90. The second kappa shape index (κ2) is 3.12. The highest BCUT2D eigenvalue weighted by Gasteiger charge is 1.89. The SMILES string of the molecule is CCCC(O)O. The lowest BCUT2D eigenvalue weighted by Crippen LogP contribution is -2.01. The Morgan fingerprint density at radius 1 is 1.50 bits per heavy atom. The van der Waals surface area contributed by atoms with Gasteiger partial charge in [-0.2, -0.15) is 0 Å². The van der Waals surface area contributed by atoms with E-state index in [9.17, 15) is 0 Å². The Morgan fingerprint density at radius 2 is 2.00 bits per heavy atom. The van der Waals surface area contributed by atoms with Gasteiger partial charge in [0.15, 0.2) is 6.29 Å². The van der Waals surface area contributed by atoms with Gasteiger partial charge in [-0.1, -0.05) is 13.3 Å². The average molecular weight is 90.1 g/mol. The first-order chi connectivity index (χ1) is 2.77. The number of hydrogen-bond donors (Lipinski definition) is 2. The van der Waals surface area contributed by atoms with Crippen molar-refractivity contribution in [2.45, 2.75) is 26.1 Å². The van der Waals surface area contributed by atoms with E-state index in [1.54, 1.807) is 0 Å². The Labute approximate surface area is 37.4 Å². The normalized spacial score (nSPS) is 10.0. The molecule has 0 aromatic rings. The second-order valence-corrected chi connectivity index (χ2v) is 1.27. The van der Waals surface area contributed by atoms with E-state index >= 15 is 0 Å². The van der Waals surface area contributed by atoms with Crippen LogP contribution in [0.25, 0.3) is 0 Å². The lowest BCUT2D eigenvalue weighted by molar-refractivity contribution is -0.0453. The number of hydrogen-bond acceptors (Lipinski definition) is 2. The lowest BCUT2D eigenvalue weighted by atomic mass is 10.3. The number of rotatable bonds is 2. The molecule has 0 aromatic carbocycles. The zero-order chi connectivity index (χ0) is 4.99. The molecular formula is C4H10O2. The quantitative estimate of drug-likeness (QED) is 0.472. The molecule has 2 N–H and O–H groups in total. The van der Waals surface area contributed by atoms with Gasteiger partial charge in [0.2, 0.25) is 0 Å². The number of aliphatic hydroxyl groups excluding tert-OH is 1. The molecule has 0 atom stereocenters. The van der Waals surface area contributed by atoms with Crippen molar-refractivity contribution in [1.82, 2.24) is 0 Å². The van der Waals surface area contributed by atoms with Gasteiger partial charge in [-0.05, 0) is 6.42 Å². The molecule has 0 fully saturated rings. The van der Waals surface area contributed by atoms with Gasteiger partial charge < -0.3 is 10.2 Å². The molecule has 0 saturated heterocycles. The molecule has 0 radical (unpaired) electrons. The molecule has 6 heavy (non-hydrogen) atoms. The minimum atomic E-state index is -1.10. The van der Waals surface area contributed by atoms with Crippen LogP contribution in [-0.4, -0.2) is 16.5 Å². The van der Waals surface area contributed by atoms with Crippen molar-refractivity contribution in [3.05, 3.63) is 0 Å². The molecule has 0 aromatic heterocycles. The minimum Gasteiger partial charge on any atom is -0.368 e. The van der Waals surface area contributed by atoms with Crippen LogP contribution in [0.2, 0.25) is 0 Å². The monoisotopic (exact) mass is 90.1 g/mol. The Kier molecular flexibility index (Phi) is 3.08. The molecule has 0 saturated carbocycles. The van der Waals surface area contributed by atoms with Gasteiger partial charge in [-0.25, -0.2) is 0 Å².